The molecule has 1 heterocycles. The van der Waals surface area contributed by atoms with Crippen molar-refractivity contribution < 1.29 is 13.9 Å². The number of halogens is 1. The van der Waals surface area contributed by atoms with Crippen LogP contribution in [0.1, 0.15) is 25.7 Å². The third-order valence-corrected chi connectivity index (χ3v) is 3.70. The maximum Gasteiger partial charge on any atom is 0.224 e. The summed E-state index contributed by atoms with van der Waals surface area (Å²) in [7, 11) is 0. The Hall–Kier alpha value is -1.62. The second-order valence-corrected chi connectivity index (χ2v) is 5.35. The number of amides is 1. The highest BCUT2D eigenvalue weighted by Crippen LogP contribution is 2.20. The molecule has 0 aliphatic carbocycles. The van der Waals surface area contributed by atoms with E-state index in [1.165, 1.54) is 0 Å². The number of benzene rings is 1. The molecule has 1 aromatic rings. The Morgan fingerprint density at radius 2 is 2.19 bits per heavy atom. The smallest absolute Gasteiger partial charge is 0.224 e. The lowest BCUT2D eigenvalue weighted by Crippen LogP contribution is -2.28. The van der Waals surface area contributed by atoms with Crippen LogP contribution in [0.3, 0.4) is 0 Å². The average Bonchev–Trinajstić information content (AvgIpc) is 2.52. The van der Waals surface area contributed by atoms with E-state index >= 15 is 0 Å². The molecule has 0 spiro atoms. The van der Waals surface area contributed by atoms with Crippen molar-refractivity contribution in [2.45, 2.75) is 25.7 Å². The topological polar surface area (TPSA) is 50.4 Å². The molecule has 0 atom stereocenters. The van der Waals surface area contributed by atoms with Gasteiger partial charge in [0.2, 0.25) is 5.91 Å². The van der Waals surface area contributed by atoms with Crippen molar-refractivity contribution in [1.29, 1.82) is 0 Å². The fraction of sp³-hybridized carbons (Fsp3) is 0.562. The summed E-state index contributed by atoms with van der Waals surface area (Å²) in [5.41, 5.74) is 0.696. The van der Waals surface area contributed by atoms with E-state index in [1.54, 1.807) is 18.2 Å². The summed E-state index contributed by atoms with van der Waals surface area (Å²) in [5.74, 6) is 1.25. The van der Waals surface area contributed by atoms with Crippen LogP contribution in [0.5, 0.6) is 5.75 Å². The van der Waals surface area contributed by atoms with Crippen LogP contribution in [0.15, 0.2) is 24.3 Å². The Morgan fingerprint density at radius 3 is 2.95 bits per heavy atom. The van der Waals surface area contributed by atoms with E-state index in [1.807, 2.05) is 6.07 Å². The van der Waals surface area contributed by atoms with Crippen LogP contribution in [-0.4, -0.2) is 32.3 Å². The molecule has 1 fully saturated rings. The third kappa shape index (κ3) is 5.71. The van der Waals surface area contributed by atoms with Gasteiger partial charge in [-0.3, -0.25) is 4.79 Å². The summed E-state index contributed by atoms with van der Waals surface area (Å²) in [6.45, 7) is 1.63. The standard InChI is InChI=1S/C16H23FN2O2/c17-8-11-21-15-3-1-2-14(12-15)19-16(20)5-4-13-6-9-18-10-7-13/h1-3,12-13,18H,4-11H2,(H,19,20). The molecule has 116 valence electrons. The molecule has 0 saturated carbocycles. The van der Waals surface area contributed by atoms with Crippen molar-refractivity contribution in [3.8, 4) is 5.75 Å². The van der Waals surface area contributed by atoms with Crippen molar-refractivity contribution >= 4 is 11.6 Å². The molecule has 1 amide bonds. The molecule has 1 aliphatic rings. The molecule has 21 heavy (non-hydrogen) atoms. The molecule has 0 radical (unpaired) electrons. The Morgan fingerprint density at radius 1 is 1.38 bits per heavy atom. The van der Waals surface area contributed by atoms with Crippen molar-refractivity contribution in [3.63, 3.8) is 0 Å². The SMILES string of the molecule is O=C(CCC1CCNCC1)Nc1cccc(OCCF)c1. The summed E-state index contributed by atoms with van der Waals surface area (Å²) in [6.07, 6.45) is 3.78. The van der Waals surface area contributed by atoms with Crippen molar-refractivity contribution in [3.05, 3.63) is 24.3 Å². The Kier molecular flexibility index (Phi) is 6.47. The van der Waals surface area contributed by atoms with Crippen LogP contribution in [0.25, 0.3) is 0 Å². The Labute approximate surface area is 125 Å². The number of hydrogen-bond acceptors (Lipinski definition) is 3. The van der Waals surface area contributed by atoms with Gasteiger partial charge in [-0.1, -0.05) is 6.07 Å². The van der Waals surface area contributed by atoms with Gasteiger partial charge >= 0.3 is 0 Å². The normalized spacial score (nSPS) is 15.7. The van der Waals surface area contributed by atoms with Gasteiger partial charge in [0.1, 0.15) is 19.0 Å². The van der Waals surface area contributed by atoms with Gasteiger partial charge in [0.15, 0.2) is 0 Å². The molecular weight excluding hydrogens is 271 g/mol. The van der Waals surface area contributed by atoms with E-state index < -0.39 is 6.67 Å². The number of piperidine rings is 1. The van der Waals surface area contributed by atoms with Gasteiger partial charge in [-0.2, -0.15) is 0 Å². The van der Waals surface area contributed by atoms with Gasteiger partial charge in [0.25, 0.3) is 0 Å². The fourth-order valence-electron chi connectivity index (χ4n) is 2.55. The maximum absolute atomic E-state index is 12.1. The maximum atomic E-state index is 12.1. The van der Waals surface area contributed by atoms with Crippen LogP contribution in [0, 0.1) is 5.92 Å². The number of alkyl halides is 1. The molecule has 2 rings (SSSR count). The van der Waals surface area contributed by atoms with E-state index in [4.69, 9.17) is 4.74 Å². The van der Waals surface area contributed by atoms with E-state index in [2.05, 4.69) is 10.6 Å². The van der Waals surface area contributed by atoms with Gasteiger partial charge in [-0.15, -0.1) is 0 Å². The Balaban J connectivity index is 1.76. The van der Waals surface area contributed by atoms with E-state index in [0.29, 0.717) is 23.8 Å². The van der Waals surface area contributed by atoms with E-state index in [-0.39, 0.29) is 12.5 Å². The summed E-state index contributed by atoms with van der Waals surface area (Å²) >= 11 is 0. The zero-order valence-corrected chi connectivity index (χ0v) is 12.2. The van der Waals surface area contributed by atoms with Gasteiger partial charge in [-0.05, 0) is 50.4 Å². The van der Waals surface area contributed by atoms with Gasteiger partial charge in [-0.25, -0.2) is 4.39 Å². The first-order valence-electron chi connectivity index (χ1n) is 7.57. The van der Waals surface area contributed by atoms with Crippen LogP contribution in [0.2, 0.25) is 0 Å². The van der Waals surface area contributed by atoms with Gasteiger partial charge in [0.05, 0.1) is 0 Å². The predicted molar refractivity (Wildman–Crippen MR) is 81.4 cm³/mol. The first kappa shape index (κ1) is 15.8. The number of carbonyl (C=O) groups is 1. The monoisotopic (exact) mass is 294 g/mol. The minimum atomic E-state index is -0.521. The number of hydrogen-bond donors (Lipinski definition) is 2. The van der Waals surface area contributed by atoms with E-state index in [0.717, 1.165) is 32.4 Å². The molecule has 2 N–H and O–H groups in total. The van der Waals surface area contributed by atoms with Crippen LogP contribution in [0.4, 0.5) is 10.1 Å². The second-order valence-electron chi connectivity index (χ2n) is 5.35. The summed E-state index contributed by atoms with van der Waals surface area (Å²) in [4.78, 5) is 12.0. The lowest BCUT2D eigenvalue weighted by atomic mass is 9.93. The van der Waals surface area contributed by atoms with Gasteiger partial charge < -0.3 is 15.4 Å². The highest BCUT2D eigenvalue weighted by atomic mass is 19.1. The number of ether oxygens (including phenoxy) is 1. The molecule has 0 bridgehead atoms. The van der Waals surface area contributed by atoms with Crippen molar-refractivity contribution in [2.75, 3.05) is 31.7 Å². The quantitative estimate of drug-likeness (QED) is 0.813. The molecular formula is C16H23FN2O2. The minimum absolute atomic E-state index is 0.0242. The molecule has 4 nitrogen and oxygen atoms in total. The molecule has 0 aromatic heterocycles. The summed E-state index contributed by atoms with van der Waals surface area (Å²) in [5, 5.41) is 6.19. The molecule has 1 aliphatic heterocycles. The lowest BCUT2D eigenvalue weighted by molar-refractivity contribution is -0.116. The number of carbonyl (C=O) groups excluding carboxylic acids is 1. The summed E-state index contributed by atoms with van der Waals surface area (Å²) in [6, 6.07) is 7.07. The summed E-state index contributed by atoms with van der Waals surface area (Å²) < 4.78 is 17.3. The van der Waals surface area contributed by atoms with E-state index in [9.17, 15) is 9.18 Å². The molecule has 1 aromatic carbocycles. The first-order chi connectivity index (χ1) is 10.3. The average molecular weight is 294 g/mol. The first-order valence-corrected chi connectivity index (χ1v) is 7.57. The van der Waals surface area contributed by atoms with Gasteiger partial charge in [0, 0.05) is 18.2 Å². The predicted octanol–water partition coefficient (Wildman–Crippen LogP) is 2.75. The van der Waals surface area contributed by atoms with Crippen LogP contribution in [-0.2, 0) is 4.79 Å². The third-order valence-electron chi connectivity index (χ3n) is 3.70. The second kappa shape index (κ2) is 8.62. The highest BCUT2D eigenvalue weighted by molar-refractivity contribution is 5.90. The largest absolute Gasteiger partial charge is 0.491 e. The zero-order valence-electron chi connectivity index (χ0n) is 12.2. The number of rotatable bonds is 7. The fourth-order valence-corrected chi connectivity index (χ4v) is 2.55. The minimum Gasteiger partial charge on any atom is -0.491 e. The molecule has 0 unspecified atom stereocenters. The highest BCUT2D eigenvalue weighted by Gasteiger charge is 2.14. The van der Waals surface area contributed by atoms with Crippen LogP contribution >= 0.6 is 0 Å². The zero-order chi connectivity index (χ0) is 14.9. The molecule has 1 saturated heterocycles. The van der Waals surface area contributed by atoms with Crippen molar-refractivity contribution in [2.24, 2.45) is 5.92 Å². The lowest BCUT2D eigenvalue weighted by Gasteiger charge is -2.22. The Bertz CT molecular complexity index is 448. The number of anilines is 1. The number of nitrogens with one attached hydrogen (secondary N) is 2. The van der Waals surface area contributed by atoms with Crippen LogP contribution < -0.4 is 15.4 Å². The van der Waals surface area contributed by atoms with Crippen molar-refractivity contribution in [1.82, 2.24) is 5.32 Å². The molecule has 5 heteroatoms.